The predicted octanol–water partition coefficient (Wildman–Crippen LogP) is 4.29. The number of rotatable bonds is 5. The highest BCUT2D eigenvalue weighted by Crippen LogP contribution is 2.36. The Hall–Kier alpha value is -3.80. The highest BCUT2D eigenvalue weighted by molar-refractivity contribution is 6.13. The number of fused-ring (bicyclic) bond motifs is 2. The monoisotopic (exact) mass is 388 g/mol. The molecule has 3 aromatic carbocycles. The molecule has 6 heteroatoms. The van der Waals surface area contributed by atoms with Gasteiger partial charge in [-0.05, 0) is 29.3 Å². The summed E-state index contributed by atoms with van der Waals surface area (Å²) in [5.74, 6) is -0.0361. The van der Waals surface area contributed by atoms with E-state index in [2.05, 4.69) is 10.6 Å². The summed E-state index contributed by atoms with van der Waals surface area (Å²) < 4.78 is 10.6. The molecule has 0 atom stereocenters. The SMILES string of the molecule is COC(=O)Cc1cccc2c1C(=O)Nc1cc(OCc3ccccc3)ccc1N2. The summed E-state index contributed by atoms with van der Waals surface area (Å²) in [6.45, 7) is 0.435. The molecular formula is C23H20N2O4. The molecule has 0 radical (unpaired) electrons. The largest absolute Gasteiger partial charge is 0.489 e. The van der Waals surface area contributed by atoms with Crippen LogP contribution in [0.25, 0.3) is 0 Å². The summed E-state index contributed by atoms with van der Waals surface area (Å²) in [5, 5.41) is 6.19. The number of hydrogen-bond donors (Lipinski definition) is 2. The lowest BCUT2D eigenvalue weighted by Gasteiger charge is -2.12. The van der Waals surface area contributed by atoms with Crippen LogP contribution in [0.1, 0.15) is 21.5 Å². The van der Waals surface area contributed by atoms with Crippen molar-refractivity contribution in [2.45, 2.75) is 13.0 Å². The Morgan fingerprint density at radius 1 is 0.897 bits per heavy atom. The van der Waals surface area contributed by atoms with Crippen molar-refractivity contribution in [3.63, 3.8) is 0 Å². The quantitative estimate of drug-likeness (QED) is 0.638. The van der Waals surface area contributed by atoms with E-state index in [9.17, 15) is 9.59 Å². The second-order valence-electron chi connectivity index (χ2n) is 6.65. The van der Waals surface area contributed by atoms with Crippen LogP contribution in [-0.4, -0.2) is 19.0 Å². The van der Waals surface area contributed by atoms with Gasteiger partial charge in [0.1, 0.15) is 12.4 Å². The molecule has 0 bridgehead atoms. The maximum Gasteiger partial charge on any atom is 0.310 e. The Morgan fingerprint density at radius 2 is 1.72 bits per heavy atom. The third-order valence-corrected chi connectivity index (χ3v) is 4.70. The van der Waals surface area contributed by atoms with Gasteiger partial charge in [-0.2, -0.15) is 0 Å². The van der Waals surface area contributed by atoms with E-state index >= 15 is 0 Å². The summed E-state index contributed by atoms with van der Waals surface area (Å²) in [6.07, 6.45) is 0.0244. The maximum absolute atomic E-state index is 12.9. The molecule has 146 valence electrons. The summed E-state index contributed by atoms with van der Waals surface area (Å²) >= 11 is 0. The third kappa shape index (κ3) is 4.06. The summed E-state index contributed by atoms with van der Waals surface area (Å²) in [5.41, 5.74) is 4.10. The molecule has 1 aliphatic heterocycles. The molecule has 2 N–H and O–H groups in total. The Labute approximate surface area is 168 Å². The van der Waals surface area contributed by atoms with E-state index in [1.807, 2.05) is 48.5 Å². The molecule has 4 rings (SSSR count). The van der Waals surface area contributed by atoms with E-state index < -0.39 is 5.97 Å². The van der Waals surface area contributed by atoms with Crippen molar-refractivity contribution >= 4 is 28.9 Å². The van der Waals surface area contributed by atoms with Crippen molar-refractivity contribution in [3.05, 3.63) is 83.4 Å². The average molecular weight is 388 g/mol. The minimum Gasteiger partial charge on any atom is -0.489 e. The Bertz CT molecular complexity index is 1060. The third-order valence-electron chi connectivity index (χ3n) is 4.70. The van der Waals surface area contributed by atoms with Crippen molar-refractivity contribution in [1.82, 2.24) is 0 Å². The van der Waals surface area contributed by atoms with Gasteiger partial charge in [-0.1, -0.05) is 42.5 Å². The van der Waals surface area contributed by atoms with Gasteiger partial charge in [0.05, 0.1) is 36.2 Å². The van der Waals surface area contributed by atoms with Crippen LogP contribution < -0.4 is 15.4 Å². The lowest BCUT2D eigenvalue weighted by molar-refractivity contribution is -0.139. The molecule has 0 fully saturated rings. The number of benzene rings is 3. The lowest BCUT2D eigenvalue weighted by atomic mass is 10.0. The number of methoxy groups -OCH3 is 1. The van der Waals surface area contributed by atoms with Gasteiger partial charge in [0.2, 0.25) is 0 Å². The van der Waals surface area contributed by atoms with Crippen LogP contribution in [-0.2, 0) is 22.6 Å². The molecule has 0 unspecified atom stereocenters. The van der Waals surface area contributed by atoms with Crippen molar-refractivity contribution < 1.29 is 19.1 Å². The second-order valence-corrected chi connectivity index (χ2v) is 6.65. The summed E-state index contributed by atoms with van der Waals surface area (Å²) in [7, 11) is 1.33. The first kappa shape index (κ1) is 18.6. The van der Waals surface area contributed by atoms with Crippen molar-refractivity contribution in [3.8, 4) is 5.75 Å². The molecule has 29 heavy (non-hydrogen) atoms. The maximum atomic E-state index is 12.9. The minimum atomic E-state index is -0.399. The number of esters is 1. The fraction of sp³-hybridized carbons (Fsp3) is 0.130. The van der Waals surface area contributed by atoms with Gasteiger partial charge in [0, 0.05) is 6.07 Å². The number of ether oxygens (including phenoxy) is 2. The van der Waals surface area contributed by atoms with Gasteiger partial charge in [0.25, 0.3) is 5.91 Å². The van der Waals surface area contributed by atoms with Gasteiger partial charge in [0.15, 0.2) is 0 Å². The van der Waals surface area contributed by atoms with E-state index in [1.54, 1.807) is 18.2 Å². The molecule has 0 saturated carbocycles. The molecule has 6 nitrogen and oxygen atoms in total. The number of hydrogen-bond acceptors (Lipinski definition) is 5. The standard InChI is InChI=1S/C23H20N2O4/c1-28-21(26)12-16-8-5-9-19-22(16)23(27)25-20-13-17(10-11-18(20)24-19)29-14-15-6-3-2-4-7-15/h2-11,13,24H,12,14H2,1H3,(H,25,27). The molecule has 0 aromatic heterocycles. The summed E-state index contributed by atoms with van der Waals surface area (Å²) in [6, 6.07) is 20.7. The van der Waals surface area contributed by atoms with Gasteiger partial charge in [-0.3, -0.25) is 9.59 Å². The Balaban J connectivity index is 1.59. The van der Waals surface area contributed by atoms with Gasteiger partial charge < -0.3 is 20.1 Å². The zero-order chi connectivity index (χ0) is 20.2. The van der Waals surface area contributed by atoms with Crippen molar-refractivity contribution in [2.75, 3.05) is 17.7 Å². The number of amides is 1. The fourth-order valence-corrected chi connectivity index (χ4v) is 3.24. The smallest absolute Gasteiger partial charge is 0.310 e. The van der Waals surface area contributed by atoms with Crippen LogP contribution in [0.5, 0.6) is 5.75 Å². The first-order valence-electron chi connectivity index (χ1n) is 9.22. The molecule has 1 aliphatic rings. The minimum absolute atomic E-state index is 0.0244. The first-order valence-corrected chi connectivity index (χ1v) is 9.22. The first-order chi connectivity index (χ1) is 14.1. The zero-order valence-corrected chi connectivity index (χ0v) is 15.9. The number of carbonyl (C=O) groups excluding carboxylic acids is 2. The number of carbonyl (C=O) groups is 2. The Kier molecular flexibility index (Phi) is 5.16. The molecule has 0 saturated heterocycles. The Morgan fingerprint density at radius 3 is 2.52 bits per heavy atom. The number of nitrogens with one attached hydrogen (secondary N) is 2. The highest BCUT2D eigenvalue weighted by Gasteiger charge is 2.23. The van der Waals surface area contributed by atoms with Gasteiger partial charge in [-0.15, -0.1) is 0 Å². The molecule has 1 heterocycles. The van der Waals surface area contributed by atoms with Crippen LogP contribution in [0, 0.1) is 0 Å². The molecular weight excluding hydrogens is 368 g/mol. The topological polar surface area (TPSA) is 76.7 Å². The predicted molar refractivity (Wildman–Crippen MR) is 111 cm³/mol. The van der Waals surface area contributed by atoms with E-state index in [0.717, 1.165) is 11.3 Å². The van der Waals surface area contributed by atoms with Gasteiger partial charge in [-0.25, -0.2) is 0 Å². The van der Waals surface area contributed by atoms with E-state index in [1.165, 1.54) is 7.11 Å². The van der Waals surface area contributed by atoms with E-state index in [4.69, 9.17) is 9.47 Å². The van der Waals surface area contributed by atoms with Crippen molar-refractivity contribution in [1.29, 1.82) is 0 Å². The molecule has 0 aliphatic carbocycles. The zero-order valence-electron chi connectivity index (χ0n) is 15.9. The van der Waals surface area contributed by atoms with Crippen LogP contribution in [0.15, 0.2) is 66.7 Å². The molecule has 0 spiro atoms. The van der Waals surface area contributed by atoms with Gasteiger partial charge >= 0.3 is 5.97 Å². The normalized spacial score (nSPS) is 12.0. The van der Waals surface area contributed by atoms with Crippen LogP contribution >= 0.6 is 0 Å². The van der Waals surface area contributed by atoms with E-state index in [-0.39, 0.29) is 12.3 Å². The lowest BCUT2D eigenvalue weighted by Crippen LogP contribution is -2.16. The van der Waals surface area contributed by atoms with Crippen LogP contribution in [0.3, 0.4) is 0 Å². The van der Waals surface area contributed by atoms with Crippen LogP contribution in [0.2, 0.25) is 0 Å². The molecule has 1 amide bonds. The fourth-order valence-electron chi connectivity index (χ4n) is 3.24. The number of anilines is 3. The van der Waals surface area contributed by atoms with E-state index in [0.29, 0.717) is 34.9 Å². The second kappa shape index (κ2) is 8.06. The average Bonchev–Trinajstić information content (AvgIpc) is 2.88. The highest BCUT2D eigenvalue weighted by atomic mass is 16.5. The summed E-state index contributed by atoms with van der Waals surface area (Å²) in [4.78, 5) is 24.6. The molecule has 3 aromatic rings. The van der Waals surface area contributed by atoms with Crippen LogP contribution in [0.4, 0.5) is 17.1 Å². The van der Waals surface area contributed by atoms with Crippen molar-refractivity contribution in [2.24, 2.45) is 0 Å².